The van der Waals surface area contributed by atoms with E-state index >= 15 is 0 Å². The fraction of sp³-hybridized carbons (Fsp3) is 0.462. The van der Waals surface area contributed by atoms with Gasteiger partial charge in [0.05, 0.1) is 23.0 Å². The van der Waals surface area contributed by atoms with Crippen molar-refractivity contribution in [2.45, 2.75) is 19.4 Å². The second-order valence-corrected chi connectivity index (χ2v) is 4.84. The zero-order chi connectivity index (χ0) is 13.3. The SMILES string of the molecule is CC(O)C1CCN(c2cccc(C(N)=O)c2N)C1. The Kier molecular flexibility index (Phi) is 3.43. The number of aliphatic hydroxyl groups excluding tert-OH is 1. The van der Waals surface area contributed by atoms with Crippen LogP contribution in [0.2, 0.25) is 0 Å². The predicted molar refractivity (Wildman–Crippen MR) is 71.4 cm³/mol. The monoisotopic (exact) mass is 249 g/mol. The van der Waals surface area contributed by atoms with E-state index in [0.29, 0.717) is 11.3 Å². The molecule has 1 amide bonds. The molecule has 5 nitrogen and oxygen atoms in total. The maximum absolute atomic E-state index is 11.2. The van der Waals surface area contributed by atoms with E-state index in [2.05, 4.69) is 4.90 Å². The highest BCUT2D eigenvalue weighted by Gasteiger charge is 2.27. The highest BCUT2D eigenvalue weighted by Crippen LogP contribution is 2.31. The predicted octanol–water partition coefficient (Wildman–Crippen LogP) is 0.575. The largest absolute Gasteiger partial charge is 0.396 e. The maximum atomic E-state index is 11.2. The molecule has 5 N–H and O–H groups in total. The summed E-state index contributed by atoms with van der Waals surface area (Å²) in [5.74, 6) is -0.262. The zero-order valence-corrected chi connectivity index (χ0v) is 10.5. The summed E-state index contributed by atoms with van der Waals surface area (Å²) in [5.41, 5.74) is 12.9. The van der Waals surface area contributed by atoms with Crippen molar-refractivity contribution in [3.8, 4) is 0 Å². The second kappa shape index (κ2) is 4.86. The Morgan fingerprint density at radius 3 is 2.83 bits per heavy atom. The Morgan fingerprint density at radius 1 is 1.56 bits per heavy atom. The lowest BCUT2D eigenvalue weighted by Gasteiger charge is -2.22. The Labute approximate surface area is 106 Å². The van der Waals surface area contributed by atoms with Crippen molar-refractivity contribution in [3.63, 3.8) is 0 Å². The van der Waals surface area contributed by atoms with E-state index in [9.17, 15) is 9.90 Å². The van der Waals surface area contributed by atoms with Crippen LogP contribution >= 0.6 is 0 Å². The summed E-state index contributed by atoms with van der Waals surface area (Å²) in [5, 5.41) is 9.60. The number of hydrogen-bond donors (Lipinski definition) is 3. The quantitative estimate of drug-likeness (QED) is 0.683. The standard InChI is InChI=1S/C13H19N3O2/c1-8(17)9-5-6-16(7-9)11-4-2-3-10(12(11)14)13(15)18/h2-4,8-9,17H,5-7,14H2,1H3,(H2,15,18). The number of anilines is 2. The molecule has 1 aliphatic rings. The summed E-state index contributed by atoms with van der Waals surface area (Å²) < 4.78 is 0. The first-order valence-electron chi connectivity index (χ1n) is 6.12. The molecule has 0 spiro atoms. The fourth-order valence-corrected chi connectivity index (χ4v) is 2.44. The van der Waals surface area contributed by atoms with E-state index in [0.717, 1.165) is 25.2 Å². The molecule has 0 bridgehead atoms. The van der Waals surface area contributed by atoms with Crippen molar-refractivity contribution in [2.75, 3.05) is 23.7 Å². The Hall–Kier alpha value is -1.75. The van der Waals surface area contributed by atoms with Crippen LogP contribution in [0.4, 0.5) is 11.4 Å². The van der Waals surface area contributed by atoms with Crippen molar-refractivity contribution >= 4 is 17.3 Å². The maximum Gasteiger partial charge on any atom is 0.250 e. The summed E-state index contributed by atoms with van der Waals surface area (Å²) in [7, 11) is 0. The Balaban J connectivity index is 2.25. The normalized spacial score (nSPS) is 21.0. The molecule has 18 heavy (non-hydrogen) atoms. The van der Waals surface area contributed by atoms with Crippen LogP contribution in [0.1, 0.15) is 23.7 Å². The van der Waals surface area contributed by atoms with Gasteiger partial charge in [-0.05, 0) is 25.5 Å². The number of nitrogens with zero attached hydrogens (tertiary/aromatic N) is 1. The van der Waals surface area contributed by atoms with Gasteiger partial charge in [0.2, 0.25) is 0 Å². The molecule has 5 heteroatoms. The van der Waals surface area contributed by atoms with Crippen molar-refractivity contribution in [1.82, 2.24) is 0 Å². The van der Waals surface area contributed by atoms with Crippen LogP contribution in [0.5, 0.6) is 0 Å². The molecule has 1 aliphatic heterocycles. The molecule has 98 valence electrons. The Bertz CT molecular complexity index is 460. The Morgan fingerprint density at radius 2 is 2.28 bits per heavy atom. The number of rotatable bonds is 3. The minimum atomic E-state index is -0.513. The lowest BCUT2D eigenvalue weighted by atomic mass is 10.0. The van der Waals surface area contributed by atoms with Gasteiger partial charge in [0.1, 0.15) is 0 Å². The molecule has 1 aromatic carbocycles. The minimum absolute atomic E-state index is 0.252. The van der Waals surface area contributed by atoms with E-state index in [4.69, 9.17) is 11.5 Å². The highest BCUT2D eigenvalue weighted by molar-refractivity contribution is 6.00. The summed E-state index contributed by atoms with van der Waals surface area (Å²) in [6.07, 6.45) is 0.605. The molecule has 2 rings (SSSR count). The van der Waals surface area contributed by atoms with Crippen molar-refractivity contribution in [3.05, 3.63) is 23.8 Å². The molecule has 0 aromatic heterocycles. The van der Waals surface area contributed by atoms with Gasteiger partial charge in [-0.2, -0.15) is 0 Å². The van der Waals surface area contributed by atoms with Crippen molar-refractivity contribution < 1.29 is 9.90 Å². The van der Waals surface area contributed by atoms with Gasteiger partial charge in [-0.25, -0.2) is 0 Å². The van der Waals surface area contributed by atoms with Gasteiger partial charge in [0, 0.05) is 19.0 Å². The molecule has 1 saturated heterocycles. The van der Waals surface area contributed by atoms with Crippen LogP contribution in [0.3, 0.4) is 0 Å². The lowest BCUT2D eigenvalue weighted by Crippen LogP contribution is -2.25. The molecular weight excluding hydrogens is 230 g/mol. The lowest BCUT2D eigenvalue weighted by molar-refractivity contribution is 0.100. The molecule has 0 aliphatic carbocycles. The van der Waals surface area contributed by atoms with Crippen LogP contribution in [-0.4, -0.2) is 30.2 Å². The number of nitrogen functional groups attached to an aromatic ring is 1. The van der Waals surface area contributed by atoms with Crippen LogP contribution in [0, 0.1) is 5.92 Å². The number of carbonyl (C=O) groups is 1. The first-order chi connectivity index (χ1) is 8.50. The van der Waals surface area contributed by atoms with Gasteiger partial charge < -0.3 is 21.5 Å². The number of primary amides is 1. The summed E-state index contributed by atoms with van der Waals surface area (Å²) in [4.78, 5) is 13.3. The average molecular weight is 249 g/mol. The number of aliphatic hydroxyl groups is 1. The molecule has 1 aromatic rings. The third-order valence-corrected chi connectivity index (χ3v) is 3.60. The summed E-state index contributed by atoms with van der Waals surface area (Å²) >= 11 is 0. The van der Waals surface area contributed by atoms with Crippen LogP contribution in [0.25, 0.3) is 0 Å². The third-order valence-electron chi connectivity index (χ3n) is 3.60. The number of amides is 1. The number of nitrogens with two attached hydrogens (primary N) is 2. The van der Waals surface area contributed by atoms with Crippen LogP contribution in [-0.2, 0) is 0 Å². The van der Waals surface area contributed by atoms with Gasteiger partial charge in [0.15, 0.2) is 0 Å². The van der Waals surface area contributed by atoms with E-state index in [1.54, 1.807) is 19.1 Å². The first kappa shape index (κ1) is 12.7. The van der Waals surface area contributed by atoms with Gasteiger partial charge in [-0.1, -0.05) is 6.07 Å². The molecule has 2 atom stereocenters. The minimum Gasteiger partial charge on any atom is -0.396 e. The van der Waals surface area contributed by atoms with E-state index in [1.807, 2.05) is 6.07 Å². The van der Waals surface area contributed by atoms with E-state index in [-0.39, 0.29) is 12.0 Å². The summed E-state index contributed by atoms with van der Waals surface area (Å²) in [6, 6.07) is 5.29. The van der Waals surface area contributed by atoms with Gasteiger partial charge in [0.25, 0.3) is 5.91 Å². The average Bonchev–Trinajstić information content (AvgIpc) is 2.78. The second-order valence-electron chi connectivity index (χ2n) is 4.84. The van der Waals surface area contributed by atoms with Gasteiger partial charge in [-0.15, -0.1) is 0 Å². The zero-order valence-electron chi connectivity index (χ0n) is 10.5. The topological polar surface area (TPSA) is 92.6 Å². The molecule has 1 fully saturated rings. The number of hydrogen-bond acceptors (Lipinski definition) is 4. The molecule has 2 unspecified atom stereocenters. The molecule has 1 heterocycles. The summed E-state index contributed by atoms with van der Waals surface area (Å²) in [6.45, 7) is 3.39. The van der Waals surface area contributed by atoms with Crippen LogP contribution in [0.15, 0.2) is 18.2 Å². The van der Waals surface area contributed by atoms with Crippen molar-refractivity contribution in [1.29, 1.82) is 0 Å². The van der Waals surface area contributed by atoms with E-state index in [1.165, 1.54) is 0 Å². The number of carbonyl (C=O) groups excluding carboxylic acids is 1. The highest BCUT2D eigenvalue weighted by atomic mass is 16.3. The number of para-hydroxylation sites is 1. The van der Waals surface area contributed by atoms with Crippen molar-refractivity contribution in [2.24, 2.45) is 11.7 Å². The van der Waals surface area contributed by atoms with Gasteiger partial charge in [-0.3, -0.25) is 4.79 Å². The molecular formula is C13H19N3O2. The number of benzene rings is 1. The first-order valence-corrected chi connectivity index (χ1v) is 6.12. The van der Waals surface area contributed by atoms with E-state index < -0.39 is 5.91 Å². The van der Waals surface area contributed by atoms with Gasteiger partial charge >= 0.3 is 0 Å². The molecule has 0 radical (unpaired) electrons. The smallest absolute Gasteiger partial charge is 0.250 e. The third kappa shape index (κ3) is 2.26. The van der Waals surface area contributed by atoms with Crippen LogP contribution < -0.4 is 16.4 Å². The molecule has 0 saturated carbocycles. The fourth-order valence-electron chi connectivity index (χ4n) is 2.44.